The van der Waals surface area contributed by atoms with E-state index in [4.69, 9.17) is 11.6 Å². The third-order valence-corrected chi connectivity index (χ3v) is 7.30. The highest BCUT2D eigenvalue weighted by molar-refractivity contribution is 14.1. The van der Waals surface area contributed by atoms with E-state index in [9.17, 15) is 8.42 Å². The van der Waals surface area contributed by atoms with E-state index >= 15 is 0 Å². The Hall–Kier alpha value is 0.170. The van der Waals surface area contributed by atoms with Crippen LogP contribution < -0.4 is 4.72 Å². The Morgan fingerprint density at radius 1 is 1.37 bits per heavy atom. The molecule has 1 aromatic carbocycles. The largest absolute Gasteiger partial charge is 0.279 e. The van der Waals surface area contributed by atoms with Crippen LogP contribution in [0.15, 0.2) is 32.3 Å². The van der Waals surface area contributed by atoms with E-state index in [0.717, 1.165) is 20.5 Å². The fourth-order valence-electron chi connectivity index (χ4n) is 1.40. The summed E-state index contributed by atoms with van der Waals surface area (Å²) in [6, 6.07) is 6.94. The number of nitrogens with one attached hydrogen (secondary N) is 1. The molecule has 0 saturated heterocycles. The monoisotopic (exact) mass is 491 g/mol. The maximum absolute atomic E-state index is 12.2. The van der Waals surface area contributed by atoms with Crippen LogP contribution in [0.25, 0.3) is 0 Å². The standard InChI is InChI=1S/C11H8BrClINO2S2/c1-6-4-7(14)2-3-9(6)15-19(16,17)10-5-8(13)11(12)18-10/h2-5,15H,1H3. The van der Waals surface area contributed by atoms with Gasteiger partial charge < -0.3 is 0 Å². The maximum Gasteiger partial charge on any atom is 0.271 e. The summed E-state index contributed by atoms with van der Waals surface area (Å²) < 4.78 is 28.9. The molecule has 19 heavy (non-hydrogen) atoms. The van der Waals surface area contributed by atoms with Crippen LogP contribution >= 0.6 is 61.5 Å². The fraction of sp³-hybridized carbons (Fsp3) is 0.0909. The lowest BCUT2D eigenvalue weighted by atomic mass is 10.2. The summed E-state index contributed by atoms with van der Waals surface area (Å²) in [6.45, 7) is 1.86. The lowest BCUT2D eigenvalue weighted by Crippen LogP contribution is -2.12. The summed E-state index contributed by atoms with van der Waals surface area (Å²) in [7, 11) is -3.60. The molecule has 0 amide bonds. The zero-order valence-corrected chi connectivity index (χ0v) is 15.7. The van der Waals surface area contributed by atoms with Crippen molar-refractivity contribution in [1.29, 1.82) is 0 Å². The summed E-state index contributed by atoms with van der Waals surface area (Å²) in [5, 5.41) is 0.393. The summed E-state index contributed by atoms with van der Waals surface area (Å²) in [5.74, 6) is 0. The predicted molar refractivity (Wildman–Crippen MR) is 91.7 cm³/mol. The molecule has 0 aliphatic carbocycles. The maximum atomic E-state index is 12.2. The molecule has 1 aromatic heterocycles. The van der Waals surface area contributed by atoms with Crippen LogP contribution in [0.3, 0.4) is 0 Å². The van der Waals surface area contributed by atoms with Gasteiger partial charge >= 0.3 is 0 Å². The topological polar surface area (TPSA) is 46.2 Å². The van der Waals surface area contributed by atoms with E-state index in [-0.39, 0.29) is 4.21 Å². The zero-order chi connectivity index (χ0) is 14.2. The highest BCUT2D eigenvalue weighted by atomic mass is 127. The van der Waals surface area contributed by atoms with Crippen LogP contribution in [0.5, 0.6) is 0 Å². The molecule has 1 heterocycles. The van der Waals surface area contributed by atoms with Gasteiger partial charge in [0.25, 0.3) is 10.0 Å². The number of hydrogen-bond acceptors (Lipinski definition) is 3. The number of thiophene rings is 1. The molecule has 0 atom stereocenters. The first-order valence-electron chi connectivity index (χ1n) is 5.03. The van der Waals surface area contributed by atoms with Crippen molar-refractivity contribution < 1.29 is 8.42 Å². The van der Waals surface area contributed by atoms with Crippen molar-refractivity contribution in [1.82, 2.24) is 0 Å². The molecule has 3 nitrogen and oxygen atoms in total. The molecular weight excluding hydrogens is 485 g/mol. The summed E-state index contributed by atoms with van der Waals surface area (Å²) in [5.41, 5.74) is 1.44. The van der Waals surface area contributed by atoms with Gasteiger partial charge in [-0.05, 0) is 75.3 Å². The van der Waals surface area contributed by atoms with E-state index in [1.165, 1.54) is 6.07 Å². The van der Waals surface area contributed by atoms with Crippen molar-refractivity contribution in [3.05, 3.63) is 42.2 Å². The lowest BCUT2D eigenvalue weighted by Gasteiger charge is -2.09. The number of sulfonamides is 1. The van der Waals surface area contributed by atoms with Gasteiger partial charge in [-0.2, -0.15) is 0 Å². The van der Waals surface area contributed by atoms with Crippen molar-refractivity contribution >= 4 is 77.2 Å². The third kappa shape index (κ3) is 3.63. The Kier molecular flexibility index (Phi) is 4.82. The second-order valence-corrected chi connectivity index (χ2v) is 9.68. The molecule has 0 aliphatic heterocycles. The molecule has 2 aromatic rings. The van der Waals surface area contributed by atoms with Gasteiger partial charge in [-0.3, -0.25) is 4.72 Å². The Bertz CT molecular complexity index is 711. The van der Waals surface area contributed by atoms with Crippen LogP contribution in [0, 0.1) is 10.5 Å². The lowest BCUT2D eigenvalue weighted by molar-refractivity contribution is 0.603. The van der Waals surface area contributed by atoms with E-state index < -0.39 is 10.0 Å². The van der Waals surface area contributed by atoms with Crippen molar-refractivity contribution in [3.63, 3.8) is 0 Å². The van der Waals surface area contributed by atoms with Gasteiger partial charge in [-0.1, -0.05) is 11.6 Å². The second kappa shape index (κ2) is 5.88. The van der Waals surface area contributed by atoms with Crippen LogP contribution in [0.2, 0.25) is 5.02 Å². The van der Waals surface area contributed by atoms with Crippen LogP contribution in [0.4, 0.5) is 5.69 Å². The number of hydrogen-bond donors (Lipinski definition) is 1. The summed E-state index contributed by atoms with van der Waals surface area (Å²) in [6.07, 6.45) is 0. The van der Waals surface area contributed by atoms with E-state index in [0.29, 0.717) is 14.5 Å². The number of benzene rings is 1. The molecule has 2 rings (SSSR count). The molecule has 0 unspecified atom stereocenters. The molecule has 0 spiro atoms. The SMILES string of the molecule is Cc1cc(I)ccc1NS(=O)(=O)c1cc(Cl)c(Br)s1. The average molecular weight is 493 g/mol. The highest BCUT2D eigenvalue weighted by Crippen LogP contribution is 2.35. The third-order valence-electron chi connectivity index (χ3n) is 2.32. The van der Waals surface area contributed by atoms with Gasteiger partial charge in [0.2, 0.25) is 0 Å². The Morgan fingerprint density at radius 2 is 2.05 bits per heavy atom. The summed E-state index contributed by atoms with van der Waals surface area (Å²) in [4.78, 5) is 0. The fourth-order valence-corrected chi connectivity index (χ4v) is 5.57. The molecule has 0 radical (unpaired) electrons. The number of aryl methyl sites for hydroxylation is 1. The van der Waals surface area contributed by atoms with Crippen molar-refractivity contribution in [2.45, 2.75) is 11.1 Å². The number of anilines is 1. The van der Waals surface area contributed by atoms with Crippen molar-refractivity contribution in [2.24, 2.45) is 0 Å². The molecule has 0 aliphatic rings. The van der Waals surface area contributed by atoms with E-state index in [1.807, 2.05) is 19.1 Å². The molecule has 8 heteroatoms. The molecular formula is C11H8BrClINO2S2. The predicted octanol–water partition coefficient (Wildman–Crippen LogP) is 4.88. The van der Waals surface area contributed by atoms with Crippen molar-refractivity contribution in [2.75, 3.05) is 4.72 Å². The second-order valence-electron chi connectivity index (χ2n) is 3.75. The van der Waals surface area contributed by atoms with Gasteiger partial charge in [0, 0.05) is 3.57 Å². The van der Waals surface area contributed by atoms with Gasteiger partial charge in [0.05, 0.1) is 14.5 Å². The van der Waals surface area contributed by atoms with Gasteiger partial charge in [0.15, 0.2) is 0 Å². The Balaban J connectivity index is 2.36. The average Bonchev–Trinajstić information content (AvgIpc) is 2.64. The molecule has 1 N–H and O–H groups in total. The zero-order valence-electron chi connectivity index (χ0n) is 9.58. The van der Waals surface area contributed by atoms with Gasteiger partial charge in [0.1, 0.15) is 4.21 Å². The van der Waals surface area contributed by atoms with Crippen molar-refractivity contribution in [3.8, 4) is 0 Å². The molecule has 0 saturated carbocycles. The number of halogens is 3. The summed E-state index contributed by atoms with van der Waals surface area (Å²) >= 11 is 12.3. The Labute approximate surface area is 142 Å². The quantitative estimate of drug-likeness (QED) is 0.621. The smallest absolute Gasteiger partial charge is 0.271 e. The van der Waals surface area contributed by atoms with Gasteiger partial charge in [-0.15, -0.1) is 11.3 Å². The van der Waals surface area contributed by atoms with E-state index in [2.05, 4.69) is 43.2 Å². The van der Waals surface area contributed by atoms with Crippen LogP contribution in [-0.4, -0.2) is 8.42 Å². The van der Waals surface area contributed by atoms with E-state index in [1.54, 1.807) is 6.07 Å². The first-order valence-corrected chi connectivity index (χ1v) is 9.58. The first kappa shape index (κ1) is 15.6. The van der Waals surface area contributed by atoms with Crippen LogP contribution in [-0.2, 0) is 10.0 Å². The van der Waals surface area contributed by atoms with Crippen LogP contribution in [0.1, 0.15) is 5.56 Å². The minimum Gasteiger partial charge on any atom is -0.279 e. The minimum atomic E-state index is -3.60. The van der Waals surface area contributed by atoms with Gasteiger partial charge in [-0.25, -0.2) is 8.42 Å². The highest BCUT2D eigenvalue weighted by Gasteiger charge is 2.19. The number of rotatable bonds is 3. The molecule has 102 valence electrons. The minimum absolute atomic E-state index is 0.183. The first-order chi connectivity index (χ1) is 8.79. The normalized spacial score (nSPS) is 11.6. The Morgan fingerprint density at radius 3 is 2.58 bits per heavy atom. The molecule has 0 fully saturated rings. The molecule has 0 bridgehead atoms.